The average molecular weight is 343 g/mol. The van der Waals surface area contributed by atoms with Crippen LogP contribution in [0.15, 0.2) is 55.1 Å². The van der Waals surface area contributed by atoms with Gasteiger partial charge in [-0.3, -0.25) is 4.79 Å². The summed E-state index contributed by atoms with van der Waals surface area (Å²) in [6.45, 7) is 0. The zero-order chi connectivity index (χ0) is 16.9. The molecule has 0 saturated heterocycles. The lowest BCUT2D eigenvalue weighted by Gasteiger charge is -2.12. The number of halogens is 1. The number of hydrogen-bond donors (Lipinski definition) is 1. The number of rotatable bonds is 5. The molecule has 24 heavy (non-hydrogen) atoms. The molecule has 0 radical (unpaired) electrons. The summed E-state index contributed by atoms with van der Waals surface area (Å²) in [6.07, 6.45) is 3.17. The van der Waals surface area contributed by atoms with Gasteiger partial charge in [-0.1, -0.05) is 29.8 Å². The Kier molecular flexibility index (Phi) is 4.77. The minimum atomic E-state index is -0.178. The van der Waals surface area contributed by atoms with Crippen LogP contribution in [-0.2, 0) is 11.2 Å². The van der Waals surface area contributed by atoms with Gasteiger partial charge in [-0.15, -0.1) is 0 Å². The first-order chi connectivity index (χ1) is 11.7. The van der Waals surface area contributed by atoms with Crippen molar-refractivity contribution in [3.63, 3.8) is 0 Å². The standard InChI is InChI=1S/C17H15ClN4O2/c1-24-16-5-3-2-4-12(16)8-17(23)21-14-9-13(18)6-7-15(14)22-11-19-10-20-22/h2-7,9-11H,8H2,1H3,(H,21,23). The van der Waals surface area contributed by atoms with Gasteiger partial charge in [0.1, 0.15) is 18.4 Å². The van der Waals surface area contributed by atoms with E-state index in [0.717, 1.165) is 5.56 Å². The summed E-state index contributed by atoms with van der Waals surface area (Å²) in [7, 11) is 1.58. The Bertz CT molecular complexity index is 850. The van der Waals surface area contributed by atoms with Gasteiger partial charge in [-0.05, 0) is 24.3 Å². The summed E-state index contributed by atoms with van der Waals surface area (Å²) in [5.74, 6) is 0.498. The summed E-state index contributed by atoms with van der Waals surface area (Å²) in [5, 5.41) is 7.48. The Balaban J connectivity index is 1.83. The molecule has 0 bridgehead atoms. The molecule has 6 nitrogen and oxygen atoms in total. The third kappa shape index (κ3) is 3.55. The van der Waals surface area contributed by atoms with Crippen molar-refractivity contribution in [3.8, 4) is 11.4 Å². The van der Waals surface area contributed by atoms with Crippen LogP contribution in [0, 0.1) is 0 Å². The van der Waals surface area contributed by atoms with Crippen LogP contribution in [0.5, 0.6) is 5.75 Å². The molecule has 3 aromatic rings. The predicted molar refractivity (Wildman–Crippen MR) is 91.7 cm³/mol. The maximum absolute atomic E-state index is 12.4. The second-order valence-corrected chi connectivity index (χ2v) is 5.47. The Labute approximate surface area is 144 Å². The van der Waals surface area contributed by atoms with Crippen molar-refractivity contribution < 1.29 is 9.53 Å². The fourth-order valence-electron chi connectivity index (χ4n) is 2.36. The van der Waals surface area contributed by atoms with Crippen molar-refractivity contribution >= 4 is 23.2 Å². The van der Waals surface area contributed by atoms with E-state index in [1.807, 2.05) is 24.3 Å². The minimum Gasteiger partial charge on any atom is -0.496 e. The fraction of sp³-hybridized carbons (Fsp3) is 0.118. The van der Waals surface area contributed by atoms with Gasteiger partial charge in [-0.2, -0.15) is 5.10 Å². The lowest BCUT2D eigenvalue weighted by Crippen LogP contribution is -2.16. The third-order valence-electron chi connectivity index (χ3n) is 3.44. The van der Waals surface area contributed by atoms with Crippen LogP contribution in [0.25, 0.3) is 5.69 Å². The van der Waals surface area contributed by atoms with Crippen molar-refractivity contribution in [2.24, 2.45) is 0 Å². The number of carbonyl (C=O) groups excluding carboxylic acids is 1. The molecule has 122 valence electrons. The molecule has 0 fully saturated rings. The Morgan fingerprint density at radius 1 is 1.29 bits per heavy atom. The summed E-state index contributed by atoms with van der Waals surface area (Å²) in [5.41, 5.74) is 2.06. The molecule has 2 aromatic carbocycles. The van der Waals surface area contributed by atoms with Crippen LogP contribution in [0.1, 0.15) is 5.56 Å². The lowest BCUT2D eigenvalue weighted by molar-refractivity contribution is -0.115. The molecule has 1 N–H and O–H groups in total. The first-order valence-electron chi connectivity index (χ1n) is 7.23. The van der Waals surface area contributed by atoms with Crippen molar-refractivity contribution in [3.05, 3.63) is 65.7 Å². The molecule has 7 heteroatoms. The van der Waals surface area contributed by atoms with E-state index < -0.39 is 0 Å². The van der Waals surface area contributed by atoms with Crippen molar-refractivity contribution in [2.45, 2.75) is 6.42 Å². The van der Waals surface area contributed by atoms with Gasteiger partial charge in [0.2, 0.25) is 5.91 Å². The van der Waals surface area contributed by atoms with E-state index in [1.165, 1.54) is 6.33 Å². The molecule has 1 amide bonds. The maximum Gasteiger partial charge on any atom is 0.228 e. The van der Waals surface area contributed by atoms with Crippen LogP contribution in [0.4, 0.5) is 5.69 Å². The molecule has 0 saturated carbocycles. The van der Waals surface area contributed by atoms with Crippen molar-refractivity contribution in [1.29, 1.82) is 0 Å². The third-order valence-corrected chi connectivity index (χ3v) is 3.68. The molecular formula is C17H15ClN4O2. The number of methoxy groups -OCH3 is 1. The van der Waals surface area contributed by atoms with Gasteiger partial charge in [0, 0.05) is 10.6 Å². The number of para-hydroxylation sites is 1. The van der Waals surface area contributed by atoms with E-state index in [4.69, 9.17) is 16.3 Å². The SMILES string of the molecule is COc1ccccc1CC(=O)Nc1cc(Cl)ccc1-n1cncn1. The fourth-order valence-corrected chi connectivity index (χ4v) is 2.53. The number of carbonyl (C=O) groups is 1. The van der Waals surface area contributed by atoms with E-state index in [-0.39, 0.29) is 12.3 Å². The molecule has 0 spiro atoms. The highest BCUT2D eigenvalue weighted by Crippen LogP contribution is 2.25. The smallest absolute Gasteiger partial charge is 0.228 e. The Morgan fingerprint density at radius 2 is 2.12 bits per heavy atom. The molecule has 1 heterocycles. The van der Waals surface area contributed by atoms with Crippen LogP contribution in [0.2, 0.25) is 5.02 Å². The van der Waals surface area contributed by atoms with Crippen molar-refractivity contribution in [2.75, 3.05) is 12.4 Å². The van der Waals surface area contributed by atoms with E-state index in [0.29, 0.717) is 22.1 Å². The van der Waals surface area contributed by atoms with Gasteiger partial charge in [-0.25, -0.2) is 9.67 Å². The summed E-state index contributed by atoms with van der Waals surface area (Å²) in [4.78, 5) is 16.3. The highest BCUT2D eigenvalue weighted by atomic mass is 35.5. The number of hydrogen-bond acceptors (Lipinski definition) is 4. The second-order valence-electron chi connectivity index (χ2n) is 5.04. The van der Waals surface area contributed by atoms with Gasteiger partial charge in [0.05, 0.1) is 24.9 Å². The van der Waals surface area contributed by atoms with E-state index in [1.54, 1.807) is 36.3 Å². The Hall–Kier alpha value is -2.86. The van der Waals surface area contributed by atoms with Gasteiger partial charge in [0.25, 0.3) is 0 Å². The van der Waals surface area contributed by atoms with E-state index in [2.05, 4.69) is 15.4 Å². The van der Waals surface area contributed by atoms with Gasteiger partial charge >= 0.3 is 0 Å². The van der Waals surface area contributed by atoms with Crippen LogP contribution in [-0.4, -0.2) is 27.8 Å². The number of nitrogens with zero attached hydrogens (tertiary/aromatic N) is 3. The largest absolute Gasteiger partial charge is 0.496 e. The number of nitrogens with one attached hydrogen (secondary N) is 1. The summed E-state index contributed by atoms with van der Waals surface area (Å²) < 4.78 is 6.84. The zero-order valence-electron chi connectivity index (χ0n) is 12.9. The quantitative estimate of drug-likeness (QED) is 0.773. The van der Waals surface area contributed by atoms with Gasteiger partial charge < -0.3 is 10.1 Å². The average Bonchev–Trinajstić information content (AvgIpc) is 3.09. The first-order valence-corrected chi connectivity index (χ1v) is 7.61. The lowest BCUT2D eigenvalue weighted by atomic mass is 10.1. The van der Waals surface area contributed by atoms with Gasteiger partial charge in [0.15, 0.2) is 0 Å². The highest BCUT2D eigenvalue weighted by molar-refractivity contribution is 6.31. The number of aromatic nitrogens is 3. The molecule has 0 aliphatic rings. The number of anilines is 1. The van der Waals surface area contributed by atoms with E-state index >= 15 is 0 Å². The molecule has 0 unspecified atom stereocenters. The normalized spacial score (nSPS) is 10.4. The predicted octanol–water partition coefficient (Wildman–Crippen LogP) is 3.11. The molecular weight excluding hydrogens is 328 g/mol. The van der Waals surface area contributed by atoms with Crippen LogP contribution < -0.4 is 10.1 Å². The molecule has 3 rings (SSSR count). The highest BCUT2D eigenvalue weighted by Gasteiger charge is 2.12. The number of amides is 1. The van der Waals surface area contributed by atoms with Crippen LogP contribution >= 0.6 is 11.6 Å². The topological polar surface area (TPSA) is 69.0 Å². The first kappa shape index (κ1) is 16.0. The monoisotopic (exact) mass is 342 g/mol. The molecule has 0 atom stereocenters. The molecule has 0 aliphatic carbocycles. The van der Waals surface area contributed by atoms with Crippen LogP contribution in [0.3, 0.4) is 0 Å². The Morgan fingerprint density at radius 3 is 2.88 bits per heavy atom. The maximum atomic E-state index is 12.4. The van der Waals surface area contributed by atoms with Crippen molar-refractivity contribution in [1.82, 2.24) is 14.8 Å². The molecule has 1 aromatic heterocycles. The number of benzene rings is 2. The summed E-state index contributed by atoms with van der Waals surface area (Å²) in [6, 6.07) is 12.6. The zero-order valence-corrected chi connectivity index (χ0v) is 13.7. The molecule has 0 aliphatic heterocycles. The number of ether oxygens (including phenoxy) is 1. The minimum absolute atomic E-state index is 0.178. The summed E-state index contributed by atoms with van der Waals surface area (Å²) >= 11 is 6.05. The second kappa shape index (κ2) is 7.14. The van der Waals surface area contributed by atoms with E-state index in [9.17, 15) is 4.79 Å².